The number of carbonyl (C=O) groups is 3. The van der Waals surface area contributed by atoms with Gasteiger partial charge in [-0.3, -0.25) is 14.4 Å². The molecule has 78 heavy (non-hydrogen) atoms. The summed E-state index contributed by atoms with van der Waals surface area (Å²) in [4.78, 5) is 38.3. The van der Waals surface area contributed by atoms with Crippen molar-refractivity contribution in [1.29, 1.82) is 0 Å². The predicted octanol–water partition coefficient (Wildman–Crippen LogP) is 23.5. The van der Waals surface area contributed by atoms with Crippen LogP contribution in [0.2, 0.25) is 0 Å². The molecule has 0 rings (SSSR count). The maximum atomic E-state index is 12.9. The van der Waals surface area contributed by atoms with Crippen molar-refractivity contribution in [3.8, 4) is 0 Å². The first-order chi connectivity index (χ1) is 38.5. The molecule has 6 nitrogen and oxygen atoms in total. The van der Waals surface area contributed by atoms with Gasteiger partial charge in [-0.1, -0.05) is 345 Å². The third kappa shape index (κ3) is 63.9. The third-order valence-corrected chi connectivity index (χ3v) is 15.3. The molecule has 6 heteroatoms. The van der Waals surface area contributed by atoms with Crippen molar-refractivity contribution < 1.29 is 28.6 Å². The number of hydrogen-bond acceptors (Lipinski definition) is 6. The predicted molar refractivity (Wildman–Crippen MR) is 339 cm³/mol. The van der Waals surface area contributed by atoms with Crippen molar-refractivity contribution in [3.05, 3.63) is 60.8 Å². The van der Waals surface area contributed by atoms with Gasteiger partial charge in [-0.15, -0.1) is 0 Å². The highest BCUT2D eigenvalue weighted by molar-refractivity contribution is 5.71. The summed E-state index contributed by atoms with van der Waals surface area (Å²) in [6, 6.07) is 0. The maximum Gasteiger partial charge on any atom is 0.306 e. The van der Waals surface area contributed by atoms with Crippen LogP contribution in [0.3, 0.4) is 0 Å². The molecule has 1 unspecified atom stereocenters. The summed E-state index contributed by atoms with van der Waals surface area (Å²) in [7, 11) is 0. The molecular weight excluding hydrogens is 961 g/mol. The van der Waals surface area contributed by atoms with Gasteiger partial charge in [0.05, 0.1) is 0 Å². The molecule has 0 aliphatic rings. The summed E-state index contributed by atoms with van der Waals surface area (Å²) < 4.78 is 16.9. The molecule has 0 amide bonds. The Kier molecular flexibility index (Phi) is 64.2. The average molecular weight is 1090 g/mol. The lowest BCUT2D eigenvalue weighted by Crippen LogP contribution is -2.30. The van der Waals surface area contributed by atoms with Crippen LogP contribution < -0.4 is 0 Å². The molecule has 0 saturated carbocycles. The lowest BCUT2D eigenvalue weighted by atomic mass is 10.0. The summed E-state index contributed by atoms with van der Waals surface area (Å²) in [5.74, 6) is -0.928. The molecule has 0 fully saturated rings. The molecule has 0 saturated heterocycles. The van der Waals surface area contributed by atoms with Crippen molar-refractivity contribution in [2.45, 2.75) is 367 Å². The van der Waals surface area contributed by atoms with Gasteiger partial charge < -0.3 is 14.2 Å². The zero-order chi connectivity index (χ0) is 56.4. The fourth-order valence-electron chi connectivity index (χ4n) is 10.2. The number of esters is 3. The fourth-order valence-corrected chi connectivity index (χ4v) is 10.2. The van der Waals surface area contributed by atoms with Crippen LogP contribution in [0.15, 0.2) is 60.8 Å². The second-order valence-corrected chi connectivity index (χ2v) is 23.1. The highest BCUT2D eigenvalue weighted by Crippen LogP contribution is 2.18. The zero-order valence-electron chi connectivity index (χ0n) is 52.2. The molecule has 454 valence electrons. The Bertz CT molecular complexity index is 1390. The lowest BCUT2D eigenvalue weighted by molar-refractivity contribution is -0.167. The minimum atomic E-state index is -0.802. The van der Waals surface area contributed by atoms with E-state index in [2.05, 4.69) is 81.5 Å². The van der Waals surface area contributed by atoms with E-state index in [1.54, 1.807) is 0 Å². The number of rotatable bonds is 63. The average Bonchev–Trinajstić information content (AvgIpc) is 3.44. The third-order valence-electron chi connectivity index (χ3n) is 15.3. The van der Waals surface area contributed by atoms with Crippen LogP contribution in [0, 0.1) is 0 Å². The standard InChI is InChI=1S/C72H130O6/c1-4-7-10-13-16-19-22-25-28-30-31-32-33-34-35-36-37-38-39-40-42-44-47-50-53-56-59-62-65-71(74)77-68-69(67-76-70(73)64-61-58-55-52-49-46-43-27-24-21-18-15-12-9-6-3)78-72(75)66-63-60-57-54-51-48-45-41-29-26-23-20-17-14-11-8-5-2/h8,11,17,20,26,29,45,48,54,57,69H,4-7,9-10,12-16,18-19,21-25,27-28,30-44,46-47,49-53,55-56,58-68H2,1-3H3/b11-8-,20-17-,29-26-,48-45-,57-54-. The number of carbonyl (C=O) groups excluding carboxylic acids is 3. The van der Waals surface area contributed by atoms with Gasteiger partial charge in [0.2, 0.25) is 0 Å². The molecule has 0 bridgehead atoms. The molecule has 0 heterocycles. The molecule has 0 aromatic heterocycles. The number of unbranched alkanes of at least 4 members (excludes halogenated alkanes) is 42. The molecule has 0 aromatic rings. The molecule has 1 atom stereocenters. The van der Waals surface area contributed by atoms with Crippen molar-refractivity contribution in [1.82, 2.24) is 0 Å². The Labute approximate surface area is 485 Å². The highest BCUT2D eigenvalue weighted by Gasteiger charge is 2.19. The summed E-state index contributed by atoms with van der Waals surface area (Å²) in [6.45, 7) is 6.54. The van der Waals surface area contributed by atoms with E-state index < -0.39 is 6.10 Å². The Balaban J connectivity index is 4.26. The van der Waals surface area contributed by atoms with Crippen LogP contribution in [-0.2, 0) is 28.6 Å². The SMILES string of the molecule is CC/C=C\C/C=C\C/C=C\C/C=C\C/C=C\CCCC(=O)OC(COC(=O)CCCCCCCCCCCCCCCCC)COC(=O)CCCCCCCCCCCCCCCCCCCCCCCCCCCCCC. The monoisotopic (exact) mass is 1090 g/mol. The first kappa shape index (κ1) is 75.1. The van der Waals surface area contributed by atoms with Crippen molar-refractivity contribution in [2.75, 3.05) is 13.2 Å². The highest BCUT2D eigenvalue weighted by atomic mass is 16.6. The Morgan fingerprint density at radius 1 is 0.269 bits per heavy atom. The molecule has 0 radical (unpaired) electrons. The van der Waals surface area contributed by atoms with E-state index in [9.17, 15) is 14.4 Å². The first-order valence-corrected chi connectivity index (χ1v) is 34.3. The van der Waals surface area contributed by atoms with Crippen LogP contribution in [0.5, 0.6) is 0 Å². The lowest BCUT2D eigenvalue weighted by Gasteiger charge is -2.18. The molecular formula is C72H130O6. The molecule has 0 aliphatic heterocycles. The van der Waals surface area contributed by atoms with Gasteiger partial charge in [0.1, 0.15) is 13.2 Å². The van der Waals surface area contributed by atoms with Crippen molar-refractivity contribution in [3.63, 3.8) is 0 Å². The summed E-state index contributed by atoms with van der Waals surface area (Å²) >= 11 is 0. The van der Waals surface area contributed by atoms with E-state index in [-0.39, 0.29) is 37.5 Å². The smallest absolute Gasteiger partial charge is 0.306 e. The van der Waals surface area contributed by atoms with Gasteiger partial charge in [-0.05, 0) is 57.8 Å². The minimum Gasteiger partial charge on any atom is -0.462 e. The van der Waals surface area contributed by atoms with E-state index in [4.69, 9.17) is 14.2 Å². The van der Waals surface area contributed by atoms with E-state index >= 15 is 0 Å². The topological polar surface area (TPSA) is 78.9 Å². The van der Waals surface area contributed by atoms with Crippen LogP contribution in [0.4, 0.5) is 0 Å². The summed E-state index contributed by atoms with van der Waals surface area (Å²) in [5, 5.41) is 0. The van der Waals surface area contributed by atoms with Gasteiger partial charge in [-0.25, -0.2) is 0 Å². The molecule has 0 N–H and O–H groups in total. The van der Waals surface area contributed by atoms with E-state index in [0.29, 0.717) is 19.3 Å². The van der Waals surface area contributed by atoms with Crippen molar-refractivity contribution in [2.24, 2.45) is 0 Å². The minimum absolute atomic E-state index is 0.0921. The first-order valence-electron chi connectivity index (χ1n) is 34.3. The van der Waals surface area contributed by atoms with Gasteiger partial charge in [0.25, 0.3) is 0 Å². The zero-order valence-corrected chi connectivity index (χ0v) is 52.2. The largest absolute Gasteiger partial charge is 0.462 e. The maximum absolute atomic E-state index is 12.9. The molecule has 0 aliphatic carbocycles. The normalized spacial score (nSPS) is 12.4. The number of ether oxygens (including phenoxy) is 3. The van der Waals surface area contributed by atoms with Gasteiger partial charge in [0.15, 0.2) is 6.10 Å². The second kappa shape index (κ2) is 66.6. The Morgan fingerprint density at radius 3 is 0.769 bits per heavy atom. The molecule has 0 aromatic carbocycles. The number of allylic oxidation sites excluding steroid dienone is 10. The van der Waals surface area contributed by atoms with Crippen LogP contribution in [-0.4, -0.2) is 37.2 Å². The van der Waals surface area contributed by atoms with Crippen molar-refractivity contribution >= 4 is 17.9 Å². The summed E-state index contributed by atoms with van der Waals surface area (Å²) in [5.41, 5.74) is 0. The van der Waals surface area contributed by atoms with Gasteiger partial charge >= 0.3 is 17.9 Å². The van der Waals surface area contributed by atoms with E-state index in [1.807, 2.05) is 0 Å². The number of hydrogen-bond donors (Lipinski definition) is 0. The van der Waals surface area contributed by atoms with Gasteiger partial charge in [-0.2, -0.15) is 0 Å². The second-order valence-electron chi connectivity index (χ2n) is 23.1. The fraction of sp³-hybridized carbons (Fsp3) is 0.819. The molecule has 0 spiro atoms. The van der Waals surface area contributed by atoms with Crippen LogP contribution in [0.1, 0.15) is 361 Å². The van der Waals surface area contributed by atoms with Gasteiger partial charge in [0, 0.05) is 19.3 Å². The Morgan fingerprint density at radius 2 is 0.500 bits per heavy atom. The Hall–Kier alpha value is -2.89. The van der Waals surface area contributed by atoms with E-state index in [1.165, 1.54) is 238 Å². The van der Waals surface area contributed by atoms with Crippen LogP contribution >= 0.6 is 0 Å². The van der Waals surface area contributed by atoms with Crippen LogP contribution in [0.25, 0.3) is 0 Å². The van der Waals surface area contributed by atoms with E-state index in [0.717, 1.165) is 77.0 Å². The quantitative estimate of drug-likeness (QED) is 0.0261. The summed E-state index contributed by atoms with van der Waals surface area (Å²) in [6.07, 6.45) is 85.5.